The molecule has 5 nitrogen and oxygen atoms in total. The summed E-state index contributed by atoms with van der Waals surface area (Å²) in [5, 5.41) is 8.39. The predicted molar refractivity (Wildman–Crippen MR) is 113 cm³/mol. The lowest BCUT2D eigenvalue weighted by Gasteiger charge is -2.05. The van der Waals surface area contributed by atoms with Gasteiger partial charge in [-0.2, -0.15) is 18.3 Å². The normalized spacial score (nSPS) is 13.1. The van der Waals surface area contributed by atoms with Crippen LogP contribution in [0.5, 0.6) is 0 Å². The highest BCUT2D eigenvalue weighted by atomic mass is 32.2. The molecule has 0 amide bonds. The van der Waals surface area contributed by atoms with Crippen molar-refractivity contribution in [3.8, 4) is 5.69 Å². The molecule has 0 atom stereocenters. The number of hydrogen-bond acceptors (Lipinski definition) is 3. The van der Waals surface area contributed by atoms with Gasteiger partial charge in [0.25, 0.3) is 0 Å². The Morgan fingerprint density at radius 1 is 1.07 bits per heavy atom. The van der Waals surface area contributed by atoms with Crippen LogP contribution >= 0.6 is 0 Å². The summed E-state index contributed by atoms with van der Waals surface area (Å²) in [6, 6.07) is 5.99. The summed E-state index contributed by atoms with van der Waals surface area (Å²) < 4.78 is 60.9. The van der Waals surface area contributed by atoms with Crippen LogP contribution in [0.15, 0.2) is 58.5 Å². The van der Waals surface area contributed by atoms with E-state index in [1.807, 2.05) is 0 Å². The van der Waals surface area contributed by atoms with Gasteiger partial charge < -0.3 is 0 Å². The van der Waals surface area contributed by atoms with E-state index in [1.165, 1.54) is 42.3 Å². The first-order valence-corrected chi connectivity index (χ1v) is 10.9. The van der Waals surface area contributed by atoms with Crippen molar-refractivity contribution in [3.05, 3.63) is 65.0 Å². The highest BCUT2D eigenvalue weighted by Gasteiger charge is 2.34. The van der Waals surface area contributed by atoms with Gasteiger partial charge in [-0.1, -0.05) is 37.1 Å². The number of benzene rings is 1. The third kappa shape index (κ3) is 7.79. The van der Waals surface area contributed by atoms with Crippen LogP contribution in [-0.4, -0.2) is 18.2 Å². The number of nitrogens with two attached hydrogens (primary N) is 1. The minimum Gasteiger partial charge on any atom is -0.238 e. The Kier molecular flexibility index (Phi) is 9.05. The molecule has 30 heavy (non-hydrogen) atoms. The Hall–Kier alpha value is -2.39. The van der Waals surface area contributed by atoms with Gasteiger partial charge in [-0.25, -0.2) is 18.2 Å². The minimum absolute atomic E-state index is 0.123. The fourth-order valence-electron chi connectivity index (χ4n) is 2.17. The number of halogens is 3. The van der Waals surface area contributed by atoms with Crippen LogP contribution in [0.25, 0.3) is 5.69 Å². The molecular weight excluding hydrogens is 415 g/mol. The second kappa shape index (κ2) is 10.6. The summed E-state index contributed by atoms with van der Waals surface area (Å²) in [6.45, 7) is 10.2. The number of aryl methyl sites for hydroxylation is 1. The second-order valence-corrected chi connectivity index (χ2v) is 8.41. The van der Waals surface area contributed by atoms with Crippen molar-refractivity contribution in [2.24, 2.45) is 5.14 Å². The van der Waals surface area contributed by atoms with Crippen LogP contribution in [0.3, 0.4) is 0 Å². The Morgan fingerprint density at radius 3 is 1.87 bits per heavy atom. The van der Waals surface area contributed by atoms with Crippen molar-refractivity contribution >= 4 is 10.0 Å². The van der Waals surface area contributed by atoms with Crippen molar-refractivity contribution < 1.29 is 21.6 Å². The van der Waals surface area contributed by atoms with Gasteiger partial charge in [0, 0.05) is 5.69 Å². The molecule has 1 heterocycles. The molecule has 0 unspecified atom stereocenters. The lowest BCUT2D eigenvalue weighted by Crippen LogP contribution is -2.12. The Morgan fingerprint density at radius 2 is 1.53 bits per heavy atom. The summed E-state index contributed by atoms with van der Waals surface area (Å²) in [5.74, 6) is 0. The molecule has 2 N–H and O–H groups in total. The SMILES string of the molecule is CC/C(C)=C\C=C(\C)CC.Cc1cc(C(F)(F)F)nn1-c1ccc(S(N)(=O)=O)cc1. The first-order chi connectivity index (χ1) is 13.8. The zero-order valence-corrected chi connectivity index (χ0v) is 18.6. The molecule has 0 fully saturated rings. The number of sulfonamides is 1. The van der Waals surface area contributed by atoms with E-state index in [2.05, 4.69) is 44.9 Å². The average molecular weight is 444 g/mol. The van der Waals surface area contributed by atoms with Gasteiger partial charge in [0.15, 0.2) is 5.69 Å². The molecule has 0 saturated heterocycles. The van der Waals surface area contributed by atoms with Crippen LogP contribution in [0.4, 0.5) is 13.2 Å². The Balaban J connectivity index is 0.000000382. The van der Waals surface area contributed by atoms with Gasteiger partial charge in [-0.3, -0.25) is 0 Å². The van der Waals surface area contributed by atoms with E-state index >= 15 is 0 Å². The molecule has 1 aromatic heterocycles. The molecule has 166 valence electrons. The summed E-state index contributed by atoms with van der Waals surface area (Å²) in [5.41, 5.74) is 2.48. The zero-order valence-electron chi connectivity index (χ0n) is 17.8. The van der Waals surface area contributed by atoms with Crippen molar-refractivity contribution in [2.45, 2.75) is 58.5 Å². The molecule has 0 bridgehead atoms. The number of primary sulfonamides is 1. The molecule has 0 saturated carbocycles. The third-order valence-electron chi connectivity index (χ3n) is 4.36. The van der Waals surface area contributed by atoms with E-state index in [0.29, 0.717) is 5.69 Å². The molecule has 0 aliphatic heterocycles. The smallest absolute Gasteiger partial charge is 0.238 e. The maximum atomic E-state index is 12.5. The molecule has 0 aliphatic carbocycles. The van der Waals surface area contributed by atoms with Crippen molar-refractivity contribution in [2.75, 3.05) is 0 Å². The monoisotopic (exact) mass is 443 g/mol. The second-order valence-electron chi connectivity index (χ2n) is 6.85. The van der Waals surface area contributed by atoms with Crippen LogP contribution < -0.4 is 5.14 Å². The molecule has 0 spiro atoms. The summed E-state index contributed by atoms with van der Waals surface area (Å²) in [7, 11) is -3.84. The molecule has 0 radical (unpaired) electrons. The van der Waals surface area contributed by atoms with E-state index in [9.17, 15) is 21.6 Å². The number of rotatable bonds is 5. The number of hydrogen-bond donors (Lipinski definition) is 1. The molecule has 1 aromatic carbocycles. The molecule has 2 rings (SSSR count). The molecular formula is C21H28F3N3O2S. The van der Waals surface area contributed by atoms with Crippen molar-refractivity contribution in [3.63, 3.8) is 0 Å². The van der Waals surface area contributed by atoms with E-state index < -0.39 is 21.9 Å². The van der Waals surface area contributed by atoms with Gasteiger partial charge in [0.05, 0.1) is 10.6 Å². The lowest BCUT2D eigenvalue weighted by atomic mass is 10.1. The molecule has 0 aliphatic rings. The maximum Gasteiger partial charge on any atom is 0.435 e. The number of alkyl halides is 3. The maximum absolute atomic E-state index is 12.5. The van der Waals surface area contributed by atoms with Crippen molar-refractivity contribution in [1.29, 1.82) is 0 Å². The summed E-state index contributed by atoms with van der Waals surface area (Å²) >= 11 is 0. The fraction of sp³-hybridized carbons (Fsp3) is 0.381. The quantitative estimate of drug-likeness (QED) is 0.616. The summed E-state index contributed by atoms with van der Waals surface area (Å²) in [4.78, 5) is -0.123. The Labute approximate surface area is 176 Å². The Bertz CT molecular complexity index is 985. The zero-order chi connectivity index (χ0) is 23.1. The van der Waals surface area contributed by atoms with Gasteiger partial charge in [-0.15, -0.1) is 0 Å². The van der Waals surface area contributed by atoms with E-state index in [1.54, 1.807) is 0 Å². The number of aromatic nitrogens is 2. The first kappa shape index (κ1) is 25.6. The van der Waals surface area contributed by atoms with Crippen LogP contribution in [-0.2, 0) is 16.2 Å². The average Bonchev–Trinajstić information content (AvgIpc) is 3.07. The topological polar surface area (TPSA) is 78.0 Å². The van der Waals surface area contributed by atoms with Gasteiger partial charge in [-0.05, 0) is 63.9 Å². The molecule has 9 heteroatoms. The standard InChI is InChI=1S/C11H10F3N3O2S.C10H18/c1-7-6-10(11(12,13)14)16-17(7)8-2-4-9(5-3-8)20(15,18)19;1-5-9(3)7-8-10(4)6-2/h2-6H,1H3,(H2,15,18,19);7-8H,5-6H2,1-4H3/b;9-7-,10-8-. The van der Waals surface area contributed by atoms with Crippen LogP contribution in [0.2, 0.25) is 0 Å². The third-order valence-corrected chi connectivity index (χ3v) is 5.28. The predicted octanol–water partition coefficient (Wildman–Crippen LogP) is 5.55. The first-order valence-electron chi connectivity index (χ1n) is 9.39. The van der Waals surface area contributed by atoms with Crippen LogP contribution in [0, 0.1) is 6.92 Å². The van der Waals surface area contributed by atoms with Gasteiger partial charge in [0.2, 0.25) is 10.0 Å². The molecule has 2 aromatic rings. The highest BCUT2D eigenvalue weighted by molar-refractivity contribution is 7.89. The lowest BCUT2D eigenvalue weighted by molar-refractivity contribution is -0.141. The van der Waals surface area contributed by atoms with Crippen LogP contribution in [0.1, 0.15) is 51.9 Å². The summed E-state index contributed by atoms with van der Waals surface area (Å²) in [6.07, 6.45) is 2.20. The van der Waals surface area contributed by atoms with E-state index in [4.69, 9.17) is 5.14 Å². The van der Waals surface area contributed by atoms with E-state index in [-0.39, 0.29) is 10.6 Å². The fourth-order valence-corrected chi connectivity index (χ4v) is 2.69. The van der Waals surface area contributed by atoms with Gasteiger partial charge >= 0.3 is 6.18 Å². The van der Waals surface area contributed by atoms with E-state index in [0.717, 1.165) is 23.6 Å². The largest absolute Gasteiger partial charge is 0.435 e. The number of allylic oxidation sites excluding steroid dienone is 4. The van der Waals surface area contributed by atoms with Crippen molar-refractivity contribution in [1.82, 2.24) is 9.78 Å². The van der Waals surface area contributed by atoms with Gasteiger partial charge in [0.1, 0.15) is 0 Å². The number of nitrogens with zero attached hydrogens (tertiary/aromatic N) is 2. The minimum atomic E-state index is -4.53. The highest BCUT2D eigenvalue weighted by Crippen LogP contribution is 2.29.